The first-order valence-electron chi connectivity index (χ1n) is 12.7. The molecular formula is C29H29N3O5S2. The summed E-state index contributed by atoms with van der Waals surface area (Å²) in [5, 5.41) is 0. The summed E-state index contributed by atoms with van der Waals surface area (Å²) in [4.78, 5) is 30.3. The van der Waals surface area contributed by atoms with Crippen molar-refractivity contribution in [3.8, 4) is 0 Å². The Morgan fingerprint density at radius 3 is 2.41 bits per heavy atom. The topological polar surface area (TPSA) is 98.0 Å². The molecule has 1 amide bonds. The molecule has 1 aromatic heterocycles. The molecule has 0 aliphatic carbocycles. The van der Waals surface area contributed by atoms with E-state index in [0.29, 0.717) is 24.3 Å². The number of rotatable bonds is 6. The van der Waals surface area contributed by atoms with Gasteiger partial charge in [-0.1, -0.05) is 35.6 Å². The average Bonchev–Trinajstić information content (AvgIpc) is 3.23. The number of sulfonamides is 1. The van der Waals surface area contributed by atoms with E-state index in [1.165, 1.54) is 45.5 Å². The fraction of sp³-hybridized carbons (Fsp3) is 0.276. The number of esters is 1. The molecule has 39 heavy (non-hydrogen) atoms. The van der Waals surface area contributed by atoms with Crippen molar-refractivity contribution >= 4 is 43.5 Å². The first-order chi connectivity index (χ1) is 18.7. The fourth-order valence-electron chi connectivity index (χ4n) is 4.64. The molecule has 1 aliphatic heterocycles. The number of benzene rings is 3. The molecule has 0 saturated heterocycles. The molecule has 202 valence electrons. The monoisotopic (exact) mass is 563 g/mol. The van der Waals surface area contributed by atoms with Gasteiger partial charge in [0.2, 0.25) is 10.0 Å². The third kappa shape index (κ3) is 5.45. The van der Waals surface area contributed by atoms with Gasteiger partial charge in [0.1, 0.15) is 6.54 Å². The van der Waals surface area contributed by atoms with Crippen LogP contribution >= 0.6 is 11.3 Å². The van der Waals surface area contributed by atoms with E-state index < -0.39 is 21.9 Å². The van der Waals surface area contributed by atoms with Crippen molar-refractivity contribution < 1.29 is 22.7 Å². The minimum atomic E-state index is -3.72. The summed E-state index contributed by atoms with van der Waals surface area (Å²) in [6, 6.07) is 17.7. The highest BCUT2D eigenvalue weighted by Gasteiger charge is 2.28. The van der Waals surface area contributed by atoms with E-state index in [1.807, 2.05) is 50.2 Å². The summed E-state index contributed by atoms with van der Waals surface area (Å²) in [6.45, 7) is 6.64. The number of amides is 1. The third-order valence-electron chi connectivity index (χ3n) is 6.92. The van der Waals surface area contributed by atoms with Gasteiger partial charge >= 0.3 is 5.97 Å². The summed E-state index contributed by atoms with van der Waals surface area (Å²) in [6.07, 6.45) is 0.658. The zero-order valence-corrected chi connectivity index (χ0v) is 23.6. The van der Waals surface area contributed by atoms with E-state index in [1.54, 1.807) is 11.5 Å². The predicted molar refractivity (Wildman–Crippen MR) is 150 cm³/mol. The number of fused-ring (bicyclic) bond motifs is 2. The standard InChI is InChI=1S/C29H29N3O5S2/c1-4-37-27(33)18-32-25-15-19(2)20(3)16-26(25)38-29(32)30-28(34)22-9-11-24(12-10-22)39(35,36)31-14-13-21-7-5-6-8-23(21)17-31/h5-12,15-16H,4,13-14,17-18H2,1-3H3. The molecule has 0 unspecified atom stereocenters. The first-order valence-corrected chi connectivity index (χ1v) is 15.0. The Balaban J connectivity index is 1.44. The Kier molecular flexibility index (Phi) is 7.53. The largest absolute Gasteiger partial charge is 0.465 e. The van der Waals surface area contributed by atoms with Crippen LogP contribution in [0.25, 0.3) is 10.2 Å². The lowest BCUT2D eigenvalue weighted by Gasteiger charge is -2.28. The van der Waals surface area contributed by atoms with Gasteiger partial charge in [0.05, 0.1) is 21.7 Å². The number of thiazole rings is 1. The van der Waals surface area contributed by atoms with Gasteiger partial charge in [-0.25, -0.2) is 8.42 Å². The number of ether oxygens (including phenoxy) is 1. The number of hydrogen-bond acceptors (Lipinski definition) is 6. The molecule has 0 atom stereocenters. The molecule has 5 rings (SSSR count). The van der Waals surface area contributed by atoms with Gasteiger partial charge in [0, 0.05) is 18.7 Å². The van der Waals surface area contributed by atoms with Gasteiger partial charge in [-0.15, -0.1) is 0 Å². The third-order valence-corrected chi connectivity index (χ3v) is 9.82. The van der Waals surface area contributed by atoms with Gasteiger partial charge < -0.3 is 9.30 Å². The van der Waals surface area contributed by atoms with Crippen LogP contribution in [0.1, 0.15) is 39.5 Å². The van der Waals surface area contributed by atoms with Crippen molar-refractivity contribution in [2.24, 2.45) is 4.99 Å². The van der Waals surface area contributed by atoms with Gasteiger partial charge in [-0.2, -0.15) is 9.30 Å². The molecule has 2 heterocycles. The van der Waals surface area contributed by atoms with E-state index >= 15 is 0 Å². The molecule has 4 aromatic rings. The summed E-state index contributed by atoms with van der Waals surface area (Å²) < 4.78 is 35.8. The van der Waals surface area contributed by atoms with Crippen LogP contribution in [-0.2, 0) is 39.1 Å². The van der Waals surface area contributed by atoms with Crippen LogP contribution in [0.15, 0.2) is 70.6 Å². The zero-order valence-electron chi connectivity index (χ0n) is 22.0. The quantitative estimate of drug-likeness (QED) is 0.325. The molecule has 3 aromatic carbocycles. The minimum absolute atomic E-state index is 0.0708. The van der Waals surface area contributed by atoms with Gasteiger partial charge in [-0.3, -0.25) is 9.59 Å². The lowest BCUT2D eigenvalue weighted by Crippen LogP contribution is -2.35. The van der Waals surface area contributed by atoms with Crippen molar-refractivity contribution in [1.29, 1.82) is 0 Å². The number of aryl methyl sites for hydroxylation is 2. The Bertz CT molecular complexity index is 1750. The highest BCUT2D eigenvalue weighted by molar-refractivity contribution is 7.89. The summed E-state index contributed by atoms with van der Waals surface area (Å²) in [7, 11) is -3.72. The van der Waals surface area contributed by atoms with E-state index in [9.17, 15) is 18.0 Å². The second-order valence-electron chi connectivity index (χ2n) is 9.48. The Morgan fingerprint density at radius 2 is 1.69 bits per heavy atom. The Hall–Kier alpha value is -3.60. The van der Waals surface area contributed by atoms with Gasteiger partial charge in [0.15, 0.2) is 4.80 Å². The molecule has 0 saturated carbocycles. The van der Waals surface area contributed by atoms with Crippen LogP contribution in [-0.4, -0.2) is 42.3 Å². The number of hydrogen-bond donors (Lipinski definition) is 0. The number of carbonyl (C=O) groups excluding carboxylic acids is 2. The maximum atomic E-state index is 13.3. The highest BCUT2D eigenvalue weighted by atomic mass is 32.2. The Labute approximate surface area is 231 Å². The van der Waals surface area contributed by atoms with Crippen molar-refractivity contribution in [3.63, 3.8) is 0 Å². The van der Waals surface area contributed by atoms with Gasteiger partial charge in [-0.05, 0) is 85.8 Å². The number of carbonyl (C=O) groups is 2. The van der Waals surface area contributed by atoms with Crippen LogP contribution in [0.3, 0.4) is 0 Å². The van der Waals surface area contributed by atoms with Crippen LogP contribution in [0, 0.1) is 13.8 Å². The molecule has 10 heteroatoms. The first kappa shape index (κ1) is 27.0. The maximum Gasteiger partial charge on any atom is 0.326 e. The van der Waals surface area contributed by atoms with Crippen molar-refractivity contribution in [1.82, 2.24) is 8.87 Å². The molecular weight excluding hydrogens is 534 g/mol. The molecule has 0 radical (unpaired) electrons. The number of nitrogens with zero attached hydrogens (tertiary/aromatic N) is 3. The van der Waals surface area contributed by atoms with E-state index in [4.69, 9.17) is 4.74 Å². The molecule has 0 N–H and O–H groups in total. The molecule has 0 bridgehead atoms. The normalized spacial score (nSPS) is 14.4. The van der Waals surface area contributed by atoms with E-state index in [0.717, 1.165) is 26.9 Å². The van der Waals surface area contributed by atoms with Gasteiger partial charge in [0.25, 0.3) is 5.91 Å². The van der Waals surface area contributed by atoms with Crippen LogP contribution < -0.4 is 4.80 Å². The molecule has 1 aliphatic rings. The van der Waals surface area contributed by atoms with Crippen molar-refractivity contribution in [3.05, 3.63) is 93.3 Å². The van der Waals surface area contributed by atoms with E-state index in [-0.39, 0.29) is 23.6 Å². The molecule has 0 spiro atoms. The van der Waals surface area contributed by atoms with Crippen LogP contribution in [0.2, 0.25) is 0 Å². The second kappa shape index (κ2) is 10.9. The zero-order chi connectivity index (χ0) is 27.7. The number of aromatic nitrogens is 1. The summed E-state index contributed by atoms with van der Waals surface area (Å²) in [5.74, 6) is -0.942. The molecule has 0 fully saturated rings. The summed E-state index contributed by atoms with van der Waals surface area (Å²) >= 11 is 1.32. The van der Waals surface area contributed by atoms with Crippen LogP contribution in [0.5, 0.6) is 0 Å². The maximum absolute atomic E-state index is 13.3. The molecule has 8 nitrogen and oxygen atoms in total. The lowest BCUT2D eigenvalue weighted by atomic mass is 10.0. The predicted octanol–water partition coefficient (Wildman–Crippen LogP) is 4.37. The Morgan fingerprint density at radius 1 is 1.00 bits per heavy atom. The smallest absolute Gasteiger partial charge is 0.326 e. The lowest BCUT2D eigenvalue weighted by molar-refractivity contribution is -0.143. The minimum Gasteiger partial charge on any atom is -0.465 e. The van der Waals surface area contributed by atoms with E-state index in [2.05, 4.69) is 4.99 Å². The average molecular weight is 564 g/mol. The summed E-state index contributed by atoms with van der Waals surface area (Å²) in [5.41, 5.74) is 5.38. The highest BCUT2D eigenvalue weighted by Crippen LogP contribution is 2.26. The SMILES string of the molecule is CCOC(=O)Cn1c(=NC(=O)c2ccc(S(=O)(=O)N3CCc4ccccc4C3)cc2)sc2cc(C)c(C)cc21. The van der Waals surface area contributed by atoms with Crippen molar-refractivity contribution in [2.45, 2.75) is 45.2 Å². The fourth-order valence-corrected chi connectivity index (χ4v) is 7.17. The van der Waals surface area contributed by atoms with Crippen molar-refractivity contribution in [2.75, 3.05) is 13.2 Å². The van der Waals surface area contributed by atoms with Crippen LogP contribution in [0.4, 0.5) is 0 Å². The second-order valence-corrected chi connectivity index (χ2v) is 12.4.